The summed E-state index contributed by atoms with van der Waals surface area (Å²) >= 11 is 1.46. The Morgan fingerprint density at radius 1 is 0.946 bits per heavy atom. The fourth-order valence-corrected chi connectivity index (χ4v) is 4.57. The lowest BCUT2D eigenvalue weighted by Gasteiger charge is -2.19. The van der Waals surface area contributed by atoms with Crippen LogP contribution in [0.15, 0.2) is 71.6 Å². The summed E-state index contributed by atoms with van der Waals surface area (Å²) in [7, 11) is 0. The molecule has 0 heterocycles. The molecule has 0 N–H and O–H groups in total. The highest BCUT2D eigenvalue weighted by molar-refractivity contribution is 8.00. The largest absolute Gasteiger partial charge is 0.493 e. The van der Waals surface area contributed by atoms with Gasteiger partial charge in [-0.15, -0.1) is 11.8 Å². The van der Waals surface area contributed by atoms with Crippen LogP contribution in [-0.4, -0.2) is 36.8 Å². The predicted octanol–water partition coefficient (Wildman–Crippen LogP) is 7.24. The van der Waals surface area contributed by atoms with E-state index in [9.17, 15) is 9.59 Å². The van der Waals surface area contributed by atoms with Gasteiger partial charge in [0.15, 0.2) is 5.78 Å². The Hall–Kier alpha value is -3.25. The molecule has 0 fully saturated rings. The molecule has 0 aliphatic carbocycles. The van der Waals surface area contributed by atoms with E-state index >= 15 is 0 Å². The number of benzene rings is 3. The van der Waals surface area contributed by atoms with E-state index in [1.54, 1.807) is 6.92 Å². The molecular weight excluding hydrogens is 484 g/mol. The second-order valence-electron chi connectivity index (χ2n) is 9.19. The van der Waals surface area contributed by atoms with Crippen LogP contribution in [0.1, 0.15) is 67.1 Å². The second-order valence-corrected chi connectivity index (χ2v) is 10.2. The molecule has 0 saturated carbocycles. The lowest BCUT2D eigenvalue weighted by Crippen LogP contribution is -2.18. The Morgan fingerprint density at radius 3 is 2.38 bits per heavy atom. The maximum Gasteiger partial charge on any atom is 0.316 e. The third-order valence-corrected chi connectivity index (χ3v) is 7.02. The summed E-state index contributed by atoms with van der Waals surface area (Å²) in [6, 6.07) is 21.0. The van der Waals surface area contributed by atoms with Gasteiger partial charge in [0, 0.05) is 16.9 Å². The van der Waals surface area contributed by atoms with E-state index in [4.69, 9.17) is 14.2 Å². The number of thioether (sulfide) groups is 1. The summed E-state index contributed by atoms with van der Waals surface area (Å²) in [5.41, 5.74) is 3.37. The van der Waals surface area contributed by atoms with Crippen LogP contribution in [0.25, 0.3) is 0 Å². The first kappa shape index (κ1) is 28.3. The molecule has 5 nitrogen and oxygen atoms in total. The molecule has 0 unspecified atom stereocenters. The van der Waals surface area contributed by atoms with Crippen molar-refractivity contribution in [2.45, 2.75) is 58.0 Å². The minimum absolute atomic E-state index is 0.0436. The van der Waals surface area contributed by atoms with E-state index in [-0.39, 0.29) is 23.6 Å². The van der Waals surface area contributed by atoms with Crippen LogP contribution >= 0.6 is 11.8 Å². The first-order chi connectivity index (χ1) is 17.8. The molecule has 6 heteroatoms. The van der Waals surface area contributed by atoms with Crippen molar-refractivity contribution in [3.8, 4) is 11.5 Å². The van der Waals surface area contributed by atoms with Gasteiger partial charge in [-0.25, -0.2) is 0 Å². The second kappa shape index (κ2) is 13.9. The van der Waals surface area contributed by atoms with E-state index < -0.39 is 0 Å². The third-order valence-electron chi connectivity index (χ3n) is 5.87. The van der Waals surface area contributed by atoms with E-state index in [2.05, 4.69) is 13.8 Å². The van der Waals surface area contributed by atoms with Crippen LogP contribution in [0, 0.1) is 6.92 Å². The standard InChI is InChI=1S/C31H36O5S/c1-6-34-30(32)20-37-29-15-13-26(18-22(29)4)35-17-16-23(5)36-28-14-12-25(21(2)3)19-27(28)31(33)24-10-8-7-9-11-24/h7-15,18-19,21,23H,6,16-17,20H2,1-5H3/t23-/m1/s1. The van der Waals surface area contributed by atoms with Crippen LogP contribution in [-0.2, 0) is 9.53 Å². The zero-order valence-corrected chi connectivity index (χ0v) is 23.1. The van der Waals surface area contributed by atoms with Gasteiger partial charge in [0.2, 0.25) is 0 Å². The minimum atomic E-state index is -0.214. The van der Waals surface area contributed by atoms with Gasteiger partial charge < -0.3 is 14.2 Å². The number of ketones is 1. The molecular formula is C31H36O5S. The van der Waals surface area contributed by atoms with Crippen molar-refractivity contribution >= 4 is 23.5 Å². The SMILES string of the molecule is CCOC(=O)CSc1ccc(OCC[C@@H](C)Oc2ccc(C(C)C)cc2C(=O)c2ccccc2)cc1C. The first-order valence-corrected chi connectivity index (χ1v) is 13.7. The number of aryl methyl sites for hydroxylation is 1. The number of rotatable bonds is 13. The van der Waals surface area contributed by atoms with Crippen LogP contribution in [0.3, 0.4) is 0 Å². The Bertz CT molecular complexity index is 1190. The predicted molar refractivity (Wildman–Crippen MR) is 149 cm³/mol. The lowest BCUT2D eigenvalue weighted by molar-refractivity contribution is -0.139. The van der Waals surface area contributed by atoms with Gasteiger partial charge in [0.25, 0.3) is 0 Å². The Morgan fingerprint density at radius 2 is 1.70 bits per heavy atom. The number of hydrogen-bond acceptors (Lipinski definition) is 6. The van der Waals surface area contributed by atoms with Crippen molar-refractivity contribution in [1.29, 1.82) is 0 Å². The number of carbonyl (C=O) groups is 2. The number of hydrogen-bond donors (Lipinski definition) is 0. The Labute approximate surface area is 224 Å². The molecule has 0 spiro atoms. The minimum Gasteiger partial charge on any atom is -0.493 e. The van der Waals surface area contributed by atoms with Crippen LogP contribution in [0.5, 0.6) is 11.5 Å². The average Bonchev–Trinajstić information content (AvgIpc) is 2.88. The summed E-state index contributed by atoms with van der Waals surface area (Å²) < 4.78 is 17.2. The Kier molecular flexibility index (Phi) is 10.6. The normalized spacial score (nSPS) is 11.7. The van der Waals surface area contributed by atoms with Crippen molar-refractivity contribution < 1.29 is 23.8 Å². The Balaban J connectivity index is 1.59. The van der Waals surface area contributed by atoms with Gasteiger partial charge >= 0.3 is 5.97 Å². The summed E-state index contributed by atoms with van der Waals surface area (Å²) in [5.74, 6) is 1.69. The van der Waals surface area contributed by atoms with Crippen molar-refractivity contribution in [3.05, 3.63) is 89.0 Å². The fourth-order valence-electron chi connectivity index (χ4n) is 3.76. The quantitative estimate of drug-likeness (QED) is 0.134. The number of carbonyl (C=O) groups excluding carboxylic acids is 2. The molecule has 0 aromatic heterocycles. The highest BCUT2D eigenvalue weighted by Gasteiger charge is 2.18. The summed E-state index contributed by atoms with van der Waals surface area (Å²) in [5, 5.41) is 0. The van der Waals surface area contributed by atoms with Crippen LogP contribution < -0.4 is 9.47 Å². The van der Waals surface area contributed by atoms with E-state index in [1.165, 1.54) is 11.8 Å². The zero-order chi connectivity index (χ0) is 26.8. The maximum atomic E-state index is 13.3. The molecule has 0 amide bonds. The van der Waals surface area contributed by atoms with E-state index in [0.717, 1.165) is 21.8 Å². The van der Waals surface area contributed by atoms with Gasteiger partial charge in [-0.3, -0.25) is 9.59 Å². The first-order valence-electron chi connectivity index (χ1n) is 12.7. The van der Waals surface area contributed by atoms with Crippen LogP contribution in [0.2, 0.25) is 0 Å². The van der Waals surface area contributed by atoms with Crippen molar-refractivity contribution in [2.24, 2.45) is 0 Å². The molecule has 1 atom stereocenters. The van der Waals surface area contributed by atoms with Gasteiger partial charge in [-0.05, 0) is 68.1 Å². The van der Waals surface area contributed by atoms with Gasteiger partial charge in [0.1, 0.15) is 11.5 Å². The topological polar surface area (TPSA) is 61.8 Å². The van der Waals surface area contributed by atoms with Gasteiger partial charge in [-0.1, -0.05) is 50.2 Å². The lowest BCUT2D eigenvalue weighted by atomic mass is 9.96. The number of ether oxygens (including phenoxy) is 3. The molecule has 3 aromatic rings. The molecule has 3 rings (SSSR count). The third kappa shape index (κ3) is 8.39. The molecule has 196 valence electrons. The maximum absolute atomic E-state index is 13.3. The van der Waals surface area contributed by atoms with Gasteiger partial charge in [0.05, 0.1) is 30.6 Å². The van der Waals surface area contributed by atoms with E-state index in [1.807, 2.05) is 80.6 Å². The smallest absolute Gasteiger partial charge is 0.316 e. The highest BCUT2D eigenvalue weighted by Crippen LogP contribution is 2.29. The zero-order valence-electron chi connectivity index (χ0n) is 22.3. The molecule has 0 aliphatic rings. The molecule has 0 radical (unpaired) electrons. The molecule has 0 saturated heterocycles. The molecule has 0 aliphatic heterocycles. The van der Waals surface area contributed by atoms with Crippen molar-refractivity contribution in [1.82, 2.24) is 0 Å². The molecule has 37 heavy (non-hydrogen) atoms. The average molecular weight is 521 g/mol. The van der Waals surface area contributed by atoms with Crippen LogP contribution in [0.4, 0.5) is 0 Å². The van der Waals surface area contributed by atoms with Crippen molar-refractivity contribution in [3.63, 3.8) is 0 Å². The summed E-state index contributed by atoms with van der Waals surface area (Å²) in [4.78, 5) is 25.9. The highest BCUT2D eigenvalue weighted by atomic mass is 32.2. The van der Waals surface area contributed by atoms with Gasteiger partial charge in [-0.2, -0.15) is 0 Å². The number of esters is 1. The monoisotopic (exact) mass is 520 g/mol. The van der Waals surface area contributed by atoms with Crippen molar-refractivity contribution in [2.75, 3.05) is 19.0 Å². The summed E-state index contributed by atoms with van der Waals surface area (Å²) in [6.45, 7) is 10.9. The summed E-state index contributed by atoms with van der Waals surface area (Å²) in [6.07, 6.45) is 0.510. The molecule has 3 aromatic carbocycles. The molecule has 0 bridgehead atoms. The van der Waals surface area contributed by atoms with E-state index in [0.29, 0.717) is 42.4 Å². The fraction of sp³-hybridized carbons (Fsp3) is 0.355.